The maximum absolute atomic E-state index is 2.37. The van der Waals surface area contributed by atoms with Crippen molar-refractivity contribution >= 4 is 66.5 Å². The highest BCUT2D eigenvalue weighted by atomic mass is 15.1. The Morgan fingerprint density at radius 3 is 1.65 bits per heavy atom. The Morgan fingerprint density at radius 2 is 0.980 bits per heavy atom. The van der Waals surface area contributed by atoms with E-state index in [2.05, 4.69) is 210 Å². The first-order valence-electron chi connectivity index (χ1n) is 17.6. The number of nitrogens with zero attached hydrogens (tertiary/aromatic N) is 2. The van der Waals surface area contributed by atoms with E-state index in [-0.39, 0.29) is 0 Å². The molecule has 9 rings (SSSR count). The second-order valence-electron chi connectivity index (χ2n) is 12.9. The smallest absolute Gasteiger partial charge is 0.0541 e. The first-order valence-corrected chi connectivity index (χ1v) is 17.6. The Bertz CT molecular complexity index is 2680. The molecule has 0 N–H and O–H groups in total. The van der Waals surface area contributed by atoms with Crippen molar-refractivity contribution in [2.75, 3.05) is 4.90 Å². The molecule has 0 bridgehead atoms. The van der Waals surface area contributed by atoms with Gasteiger partial charge in [-0.3, -0.25) is 0 Å². The normalized spacial score (nSPS) is 11.9. The highest BCUT2D eigenvalue weighted by Crippen LogP contribution is 2.40. The molecule has 1 aromatic heterocycles. The van der Waals surface area contributed by atoms with Gasteiger partial charge in [0.2, 0.25) is 0 Å². The van der Waals surface area contributed by atoms with Crippen molar-refractivity contribution in [3.8, 4) is 16.8 Å². The topological polar surface area (TPSA) is 8.17 Å². The highest BCUT2D eigenvalue weighted by molar-refractivity contribution is 6.12. The zero-order chi connectivity index (χ0) is 34.1. The molecule has 0 saturated heterocycles. The third-order valence-electron chi connectivity index (χ3n) is 9.89. The maximum atomic E-state index is 2.37. The van der Waals surface area contributed by atoms with Crippen LogP contribution in [0, 0.1) is 0 Å². The van der Waals surface area contributed by atoms with E-state index in [0.717, 1.165) is 22.7 Å². The Kier molecular flexibility index (Phi) is 7.75. The van der Waals surface area contributed by atoms with Crippen LogP contribution in [0.5, 0.6) is 0 Å². The number of fused-ring (bicyclic) bond motifs is 6. The largest absolute Gasteiger partial charge is 0.310 e. The van der Waals surface area contributed by atoms with Crippen LogP contribution in [0.1, 0.15) is 12.5 Å². The van der Waals surface area contributed by atoms with Gasteiger partial charge in [0.05, 0.1) is 11.0 Å². The first-order chi connectivity index (χ1) is 25.3. The van der Waals surface area contributed by atoms with Gasteiger partial charge in [0.15, 0.2) is 0 Å². The number of rotatable bonds is 7. The number of hydrogen-bond acceptors (Lipinski definition) is 1. The summed E-state index contributed by atoms with van der Waals surface area (Å²) in [7, 11) is 0. The van der Waals surface area contributed by atoms with E-state index in [9.17, 15) is 0 Å². The fraction of sp³-hybridized carbons (Fsp3) is 0.0204. The van der Waals surface area contributed by atoms with Gasteiger partial charge in [-0.05, 0) is 112 Å². The van der Waals surface area contributed by atoms with Crippen molar-refractivity contribution in [1.29, 1.82) is 0 Å². The Morgan fingerprint density at radius 1 is 0.431 bits per heavy atom. The minimum absolute atomic E-state index is 1.10. The van der Waals surface area contributed by atoms with Gasteiger partial charge in [-0.25, -0.2) is 0 Å². The van der Waals surface area contributed by atoms with Crippen molar-refractivity contribution in [2.24, 2.45) is 0 Å². The fourth-order valence-electron chi connectivity index (χ4n) is 7.50. The Labute approximate surface area is 298 Å². The van der Waals surface area contributed by atoms with E-state index >= 15 is 0 Å². The van der Waals surface area contributed by atoms with E-state index in [1.165, 1.54) is 60.0 Å². The van der Waals surface area contributed by atoms with Crippen LogP contribution in [-0.4, -0.2) is 4.57 Å². The van der Waals surface area contributed by atoms with Crippen LogP contribution in [0.3, 0.4) is 0 Å². The fourth-order valence-corrected chi connectivity index (χ4v) is 7.50. The number of hydrogen-bond donors (Lipinski definition) is 0. The van der Waals surface area contributed by atoms with E-state index < -0.39 is 0 Å². The molecule has 0 aliphatic carbocycles. The SMILES string of the molecule is C/C=C\C=C/c1cc2ccc(N(c3ccc(-c4ccccc4)cc3)c3ccc(-n4c5ccccc5c5ccccc54)cc3)cc2c2ccccc12. The molecular formula is C49H36N2. The summed E-state index contributed by atoms with van der Waals surface area (Å²) in [6.07, 6.45) is 8.46. The molecule has 51 heavy (non-hydrogen) atoms. The molecule has 0 radical (unpaired) electrons. The lowest BCUT2D eigenvalue weighted by atomic mass is 9.96. The Balaban J connectivity index is 1.20. The van der Waals surface area contributed by atoms with Crippen LogP contribution >= 0.6 is 0 Å². The number of benzene rings is 8. The van der Waals surface area contributed by atoms with E-state index in [1.54, 1.807) is 0 Å². The third-order valence-corrected chi connectivity index (χ3v) is 9.89. The van der Waals surface area contributed by atoms with Crippen molar-refractivity contribution in [3.05, 3.63) is 200 Å². The second-order valence-corrected chi connectivity index (χ2v) is 12.9. The average molecular weight is 653 g/mol. The van der Waals surface area contributed by atoms with Crippen molar-refractivity contribution in [2.45, 2.75) is 6.92 Å². The molecule has 1 heterocycles. The van der Waals surface area contributed by atoms with Gasteiger partial charge in [-0.1, -0.05) is 133 Å². The minimum atomic E-state index is 1.10. The molecule has 0 aliphatic heterocycles. The molecule has 0 amide bonds. The lowest BCUT2D eigenvalue weighted by molar-refractivity contribution is 1.17. The summed E-state index contributed by atoms with van der Waals surface area (Å²) in [6, 6.07) is 63.8. The quantitative estimate of drug-likeness (QED) is 0.123. The predicted octanol–water partition coefficient (Wildman–Crippen LogP) is 13.8. The zero-order valence-electron chi connectivity index (χ0n) is 28.4. The van der Waals surface area contributed by atoms with Gasteiger partial charge in [-0.15, -0.1) is 0 Å². The molecule has 2 heteroatoms. The summed E-state index contributed by atoms with van der Waals surface area (Å²) in [4.78, 5) is 2.37. The summed E-state index contributed by atoms with van der Waals surface area (Å²) in [5.41, 5.74) is 10.5. The van der Waals surface area contributed by atoms with Crippen LogP contribution in [0.4, 0.5) is 17.1 Å². The van der Waals surface area contributed by atoms with Crippen LogP contribution in [-0.2, 0) is 0 Å². The summed E-state index contributed by atoms with van der Waals surface area (Å²) >= 11 is 0. The van der Waals surface area contributed by atoms with Crippen LogP contribution in [0.2, 0.25) is 0 Å². The lowest BCUT2D eigenvalue weighted by Crippen LogP contribution is -2.10. The number of para-hydroxylation sites is 2. The predicted molar refractivity (Wildman–Crippen MR) is 220 cm³/mol. The molecule has 0 spiro atoms. The standard InChI is InChI=1S/C49H36N2/c1-2-3-5-16-37-33-38-25-28-42(34-47(38)44-18-9-8-17-43(37)44)50(39-26-23-36(24-27-39)35-14-6-4-7-15-35)40-29-31-41(32-30-40)51-48-21-12-10-19-45(48)46-20-11-13-22-49(46)51/h2-34H,1H3/b3-2-,16-5-. The van der Waals surface area contributed by atoms with Crippen LogP contribution in [0.25, 0.3) is 66.2 Å². The second kappa shape index (κ2) is 13.0. The van der Waals surface area contributed by atoms with Gasteiger partial charge in [-0.2, -0.15) is 0 Å². The van der Waals surface area contributed by atoms with Crippen LogP contribution < -0.4 is 4.90 Å². The van der Waals surface area contributed by atoms with Crippen molar-refractivity contribution in [3.63, 3.8) is 0 Å². The van der Waals surface area contributed by atoms with E-state index in [0.29, 0.717) is 0 Å². The van der Waals surface area contributed by atoms with Gasteiger partial charge in [0, 0.05) is 33.5 Å². The zero-order valence-corrected chi connectivity index (χ0v) is 28.4. The summed E-state index contributed by atoms with van der Waals surface area (Å²) in [5, 5.41) is 7.48. The summed E-state index contributed by atoms with van der Waals surface area (Å²) < 4.78 is 2.37. The summed E-state index contributed by atoms with van der Waals surface area (Å²) in [5.74, 6) is 0. The highest BCUT2D eigenvalue weighted by Gasteiger charge is 2.17. The van der Waals surface area contributed by atoms with Crippen LogP contribution in [0.15, 0.2) is 194 Å². The van der Waals surface area contributed by atoms with Crippen molar-refractivity contribution < 1.29 is 0 Å². The van der Waals surface area contributed by atoms with Gasteiger partial charge in [0.1, 0.15) is 0 Å². The van der Waals surface area contributed by atoms with E-state index in [4.69, 9.17) is 0 Å². The maximum Gasteiger partial charge on any atom is 0.0541 e. The molecule has 0 unspecified atom stereocenters. The third kappa shape index (κ3) is 5.48. The van der Waals surface area contributed by atoms with Crippen molar-refractivity contribution in [1.82, 2.24) is 4.57 Å². The molecule has 9 aromatic rings. The molecule has 8 aromatic carbocycles. The van der Waals surface area contributed by atoms with Gasteiger partial charge >= 0.3 is 0 Å². The molecular weight excluding hydrogens is 617 g/mol. The molecule has 0 fully saturated rings. The average Bonchev–Trinajstić information content (AvgIpc) is 3.53. The molecule has 0 atom stereocenters. The molecule has 0 saturated carbocycles. The minimum Gasteiger partial charge on any atom is -0.310 e. The Hall–Kier alpha value is -6.64. The monoisotopic (exact) mass is 652 g/mol. The number of anilines is 3. The molecule has 242 valence electrons. The van der Waals surface area contributed by atoms with Gasteiger partial charge in [0.25, 0.3) is 0 Å². The molecule has 2 nitrogen and oxygen atoms in total. The number of aromatic nitrogens is 1. The number of allylic oxidation sites excluding steroid dienone is 3. The van der Waals surface area contributed by atoms with Gasteiger partial charge < -0.3 is 9.47 Å². The first kappa shape index (κ1) is 30.4. The summed E-state index contributed by atoms with van der Waals surface area (Å²) in [6.45, 7) is 2.04. The van der Waals surface area contributed by atoms with E-state index in [1.807, 2.05) is 6.92 Å². The lowest BCUT2D eigenvalue weighted by Gasteiger charge is -2.26. The molecule has 0 aliphatic rings.